The fraction of sp³-hybridized carbons (Fsp3) is 0.200. The number of nitrogens with zero attached hydrogens (tertiary/aromatic N) is 3. The van der Waals surface area contributed by atoms with Crippen molar-refractivity contribution in [2.45, 2.75) is 13.3 Å². The van der Waals surface area contributed by atoms with Crippen molar-refractivity contribution in [1.82, 2.24) is 14.6 Å². The minimum atomic E-state index is 0.291. The van der Waals surface area contributed by atoms with Crippen molar-refractivity contribution in [2.24, 2.45) is 0 Å². The maximum Gasteiger partial charge on any atom is 0.243 e. The fourth-order valence-electron chi connectivity index (χ4n) is 2.10. The summed E-state index contributed by atoms with van der Waals surface area (Å²) in [5.74, 6) is 0.928. The average Bonchev–Trinajstić information content (AvgIpc) is 2.85. The van der Waals surface area contributed by atoms with Gasteiger partial charge in [-0.2, -0.15) is 4.98 Å². The molecule has 0 radical (unpaired) electrons. The van der Waals surface area contributed by atoms with Gasteiger partial charge in [0.1, 0.15) is 5.75 Å². The third kappa shape index (κ3) is 2.56. The molecule has 2 heterocycles. The number of hydrogen-bond donors (Lipinski definition) is 2. The number of phenols is 1. The number of anilines is 1. The number of aromatic hydroxyl groups is 1. The summed E-state index contributed by atoms with van der Waals surface area (Å²) < 4.78 is 1.78. The molecule has 3 rings (SSSR count). The predicted molar refractivity (Wildman–Crippen MR) is 78.0 cm³/mol. The van der Waals surface area contributed by atoms with Crippen molar-refractivity contribution in [3.05, 3.63) is 53.7 Å². The molecular weight excluding hydrogens is 252 g/mol. The number of aromatic nitrogens is 3. The van der Waals surface area contributed by atoms with Crippen molar-refractivity contribution < 1.29 is 5.11 Å². The quantitative estimate of drug-likeness (QED) is 0.762. The zero-order valence-corrected chi connectivity index (χ0v) is 11.2. The van der Waals surface area contributed by atoms with Crippen molar-refractivity contribution in [2.75, 3.05) is 11.9 Å². The lowest BCUT2D eigenvalue weighted by Gasteiger charge is -2.02. The fourth-order valence-corrected chi connectivity index (χ4v) is 2.10. The van der Waals surface area contributed by atoms with Gasteiger partial charge in [-0.3, -0.25) is 0 Å². The van der Waals surface area contributed by atoms with Crippen molar-refractivity contribution in [1.29, 1.82) is 0 Å². The summed E-state index contributed by atoms with van der Waals surface area (Å²) in [6.07, 6.45) is 2.75. The first-order chi connectivity index (χ1) is 9.72. The Morgan fingerprint density at radius 3 is 2.75 bits per heavy atom. The third-order valence-corrected chi connectivity index (χ3v) is 3.19. The lowest BCUT2D eigenvalue weighted by Crippen LogP contribution is -2.06. The molecule has 1 aromatic carbocycles. The van der Waals surface area contributed by atoms with Crippen LogP contribution in [0.1, 0.15) is 11.1 Å². The summed E-state index contributed by atoms with van der Waals surface area (Å²) in [6.45, 7) is 2.77. The van der Waals surface area contributed by atoms with E-state index in [1.54, 1.807) is 16.6 Å². The molecule has 0 aliphatic heterocycles. The number of phenolic OH excluding ortho intramolecular Hbond substituents is 1. The Hall–Kier alpha value is -2.56. The number of pyridine rings is 1. The molecule has 0 amide bonds. The van der Waals surface area contributed by atoms with E-state index >= 15 is 0 Å². The molecule has 0 bridgehead atoms. The summed E-state index contributed by atoms with van der Waals surface area (Å²) in [5, 5.41) is 16.8. The van der Waals surface area contributed by atoms with E-state index in [4.69, 9.17) is 0 Å². The van der Waals surface area contributed by atoms with Crippen molar-refractivity contribution >= 4 is 11.6 Å². The molecule has 0 aliphatic carbocycles. The Morgan fingerprint density at radius 2 is 2.00 bits per heavy atom. The Morgan fingerprint density at radius 1 is 1.20 bits per heavy atom. The van der Waals surface area contributed by atoms with Gasteiger partial charge < -0.3 is 10.4 Å². The maximum absolute atomic E-state index is 9.23. The number of hydrogen-bond acceptors (Lipinski definition) is 4. The van der Waals surface area contributed by atoms with Crippen LogP contribution in [0, 0.1) is 6.92 Å². The summed E-state index contributed by atoms with van der Waals surface area (Å²) in [6, 6.07) is 11.2. The average molecular weight is 268 g/mol. The predicted octanol–water partition coefficient (Wildman–Crippen LogP) is 2.40. The minimum Gasteiger partial charge on any atom is -0.508 e. The minimum absolute atomic E-state index is 0.291. The normalized spacial score (nSPS) is 10.8. The Labute approximate surface area is 116 Å². The zero-order valence-electron chi connectivity index (χ0n) is 11.2. The monoisotopic (exact) mass is 268 g/mol. The second-order valence-corrected chi connectivity index (χ2v) is 4.74. The maximum atomic E-state index is 9.23. The molecule has 0 unspecified atom stereocenters. The summed E-state index contributed by atoms with van der Waals surface area (Å²) in [7, 11) is 0. The Kier molecular flexibility index (Phi) is 3.25. The number of aryl methyl sites for hydroxylation is 1. The Bertz CT molecular complexity index is 718. The number of rotatable bonds is 4. The third-order valence-electron chi connectivity index (χ3n) is 3.19. The highest BCUT2D eigenvalue weighted by Crippen LogP contribution is 2.11. The molecule has 0 fully saturated rings. The molecule has 102 valence electrons. The molecule has 2 aromatic heterocycles. The van der Waals surface area contributed by atoms with Gasteiger partial charge in [-0.1, -0.05) is 18.2 Å². The van der Waals surface area contributed by atoms with Crippen LogP contribution in [0.15, 0.2) is 42.6 Å². The van der Waals surface area contributed by atoms with E-state index in [0.717, 1.165) is 29.7 Å². The molecule has 5 heteroatoms. The van der Waals surface area contributed by atoms with Gasteiger partial charge in [0, 0.05) is 12.7 Å². The SMILES string of the molecule is Cc1cccn2nc(NCCc3ccc(O)cc3)nc12. The van der Waals surface area contributed by atoms with Crippen LogP contribution in [0.4, 0.5) is 5.95 Å². The van der Waals surface area contributed by atoms with Crippen LogP contribution in [0.2, 0.25) is 0 Å². The van der Waals surface area contributed by atoms with E-state index in [-0.39, 0.29) is 0 Å². The van der Waals surface area contributed by atoms with Gasteiger partial charge in [-0.25, -0.2) is 4.52 Å². The molecule has 0 saturated carbocycles. The Balaban J connectivity index is 1.65. The van der Waals surface area contributed by atoms with Crippen LogP contribution in [-0.2, 0) is 6.42 Å². The largest absolute Gasteiger partial charge is 0.508 e. The van der Waals surface area contributed by atoms with Crippen LogP contribution in [0.5, 0.6) is 5.75 Å². The number of benzene rings is 1. The summed E-state index contributed by atoms with van der Waals surface area (Å²) in [4.78, 5) is 4.46. The first-order valence-corrected chi connectivity index (χ1v) is 6.56. The lowest BCUT2D eigenvalue weighted by atomic mass is 10.1. The molecule has 2 N–H and O–H groups in total. The highest BCUT2D eigenvalue weighted by atomic mass is 16.3. The first-order valence-electron chi connectivity index (χ1n) is 6.56. The number of fused-ring (bicyclic) bond motifs is 1. The van der Waals surface area contributed by atoms with Crippen LogP contribution < -0.4 is 5.32 Å². The van der Waals surface area contributed by atoms with E-state index in [1.807, 2.05) is 37.4 Å². The van der Waals surface area contributed by atoms with Crippen molar-refractivity contribution in [3.63, 3.8) is 0 Å². The van der Waals surface area contributed by atoms with Crippen LogP contribution >= 0.6 is 0 Å². The van der Waals surface area contributed by atoms with Gasteiger partial charge in [0.25, 0.3) is 0 Å². The van der Waals surface area contributed by atoms with Gasteiger partial charge in [0.2, 0.25) is 5.95 Å². The highest BCUT2D eigenvalue weighted by molar-refractivity contribution is 5.49. The smallest absolute Gasteiger partial charge is 0.243 e. The second-order valence-electron chi connectivity index (χ2n) is 4.74. The molecule has 0 spiro atoms. The van der Waals surface area contributed by atoms with Gasteiger partial charge in [0.15, 0.2) is 5.65 Å². The second kappa shape index (κ2) is 5.21. The van der Waals surface area contributed by atoms with E-state index in [1.165, 1.54) is 0 Å². The van der Waals surface area contributed by atoms with E-state index in [0.29, 0.717) is 11.7 Å². The van der Waals surface area contributed by atoms with E-state index < -0.39 is 0 Å². The molecule has 0 atom stereocenters. The van der Waals surface area contributed by atoms with E-state index in [9.17, 15) is 5.11 Å². The van der Waals surface area contributed by atoms with Gasteiger partial charge in [-0.05, 0) is 42.7 Å². The van der Waals surface area contributed by atoms with Crippen LogP contribution in [0.25, 0.3) is 5.65 Å². The molecule has 3 aromatic rings. The standard InChI is InChI=1S/C15H16N4O/c1-11-3-2-10-19-14(11)17-15(18-19)16-9-8-12-4-6-13(20)7-5-12/h2-7,10,20H,8-9H2,1H3,(H,16,18). The lowest BCUT2D eigenvalue weighted by molar-refractivity contribution is 0.475. The summed E-state index contributed by atoms with van der Waals surface area (Å²) >= 11 is 0. The molecule has 5 nitrogen and oxygen atoms in total. The van der Waals surface area contributed by atoms with Crippen LogP contribution in [-0.4, -0.2) is 26.2 Å². The van der Waals surface area contributed by atoms with Crippen molar-refractivity contribution in [3.8, 4) is 5.75 Å². The first kappa shape index (κ1) is 12.5. The molecule has 0 saturated heterocycles. The number of nitrogens with one attached hydrogen (secondary N) is 1. The molecular formula is C15H16N4O. The van der Waals surface area contributed by atoms with Gasteiger partial charge in [0.05, 0.1) is 0 Å². The molecule has 0 aliphatic rings. The van der Waals surface area contributed by atoms with Gasteiger partial charge >= 0.3 is 0 Å². The molecule has 20 heavy (non-hydrogen) atoms. The van der Waals surface area contributed by atoms with E-state index in [2.05, 4.69) is 15.4 Å². The zero-order chi connectivity index (χ0) is 13.9. The topological polar surface area (TPSA) is 62.5 Å². The summed E-state index contributed by atoms with van der Waals surface area (Å²) in [5.41, 5.74) is 3.14. The van der Waals surface area contributed by atoms with Gasteiger partial charge in [-0.15, -0.1) is 5.10 Å². The van der Waals surface area contributed by atoms with Crippen LogP contribution in [0.3, 0.4) is 0 Å². The highest BCUT2D eigenvalue weighted by Gasteiger charge is 2.04.